The van der Waals surface area contributed by atoms with Crippen molar-refractivity contribution < 1.29 is 9.90 Å². The highest BCUT2D eigenvalue weighted by molar-refractivity contribution is 5.97. The predicted molar refractivity (Wildman–Crippen MR) is 70.8 cm³/mol. The van der Waals surface area contributed by atoms with Gasteiger partial charge in [-0.1, -0.05) is 11.6 Å². The van der Waals surface area contributed by atoms with Crippen LogP contribution in [0.15, 0.2) is 18.2 Å². The Morgan fingerprint density at radius 1 is 1.50 bits per heavy atom. The molecule has 1 fully saturated rings. The summed E-state index contributed by atoms with van der Waals surface area (Å²) in [5, 5.41) is 13.0. The molecule has 0 saturated carbocycles. The molecule has 18 heavy (non-hydrogen) atoms. The SMILES string of the molecule is CNC1CCCN(C(=O)c2cc(C)ccc2O)C1. The Morgan fingerprint density at radius 3 is 3.00 bits per heavy atom. The normalized spacial score (nSPS) is 19.9. The van der Waals surface area contributed by atoms with Crippen LogP contribution in [0.5, 0.6) is 5.75 Å². The van der Waals surface area contributed by atoms with E-state index >= 15 is 0 Å². The van der Waals surface area contributed by atoms with Gasteiger partial charge in [0, 0.05) is 19.1 Å². The lowest BCUT2D eigenvalue weighted by Crippen LogP contribution is -2.46. The van der Waals surface area contributed by atoms with Gasteiger partial charge in [-0.15, -0.1) is 0 Å². The Labute approximate surface area is 108 Å². The largest absolute Gasteiger partial charge is 0.507 e. The van der Waals surface area contributed by atoms with E-state index in [9.17, 15) is 9.90 Å². The van der Waals surface area contributed by atoms with Gasteiger partial charge in [0.1, 0.15) is 5.75 Å². The monoisotopic (exact) mass is 248 g/mol. The summed E-state index contributed by atoms with van der Waals surface area (Å²) in [5.74, 6) is -0.00617. The highest BCUT2D eigenvalue weighted by Gasteiger charge is 2.25. The quantitative estimate of drug-likeness (QED) is 0.834. The van der Waals surface area contributed by atoms with Gasteiger partial charge in [0.05, 0.1) is 5.56 Å². The summed E-state index contributed by atoms with van der Waals surface area (Å²) in [6.07, 6.45) is 2.10. The van der Waals surface area contributed by atoms with Crippen LogP contribution in [0.4, 0.5) is 0 Å². The number of carbonyl (C=O) groups is 1. The number of hydrogen-bond donors (Lipinski definition) is 2. The van der Waals surface area contributed by atoms with Crippen molar-refractivity contribution in [1.82, 2.24) is 10.2 Å². The molecule has 98 valence electrons. The minimum absolute atomic E-state index is 0.0668. The summed E-state index contributed by atoms with van der Waals surface area (Å²) in [6.45, 7) is 3.40. The molecule has 4 nitrogen and oxygen atoms in total. The van der Waals surface area contributed by atoms with Gasteiger partial charge in [-0.2, -0.15) is 0 Å². The third-order valence-electron chi connectivity index (χ3n) is 3.50. The molecule has 1 aromatic rings. The predicted octanol–water partition coefficient (Wildman–Crippen LogP) is 1.52. The molecule has 2 N–H and O–H groups in total. The number of phenols is 1. The Hall–Kier alpha value is -1.55. The first kappa shape index (κ1) is 12.9. The number of likely N-dealkylation sites (N-methyl/N-ethyl adjacent to an activating group) is 1. The van der Waals surface area contributed by atoms with Gasteiger partial charge in [-0.25, -0.2) is 0 Å². The minimum atomic E-state index is -0.0730. The minimum Gasteiger partial charge on any atom is -0.507 e. The first-order valence-electron chi connectivity index (χ1n) is 6.38. The van der Waals surface area contributed by atoms with E-state index in [1.807, 2.05) is 18.9 Å². The number of phenolic OH excluding ortho intramolecular Hbond substituents is 1. The molecule has 0 aliphatic carbocycles. The number of rotatable bonds is 2. The van der Waals surface area contributed by atoms with Gasteiger partial charge < -0.3 is 15.3 Å². The molecular formula is C14H20N2O2. The molecule has 1 aliphatic rings. The van der Waals surface area contributed by atoms with Crippen LogP contribution in [0.1, 0.15) is 28.8 Å². The Kier molecular flexibility index (Phi) is 3.87. The van der Waals surface area contributed by atoms with Gasteiger partial charge in [0.15, 0.2) is 0 Å². The van der Waals surface area contributed by atoms with E-state index in [1.165, 1.54) is 0 Å². The summed E-state index contributed by atoms with van der Waals surface area (Å²) in [7, 11) is 1.92. The first-order valence-corrected chi connectivity index (χ1v) is 6.38. The second-order valence-corrected chi connectivity index (χ2v) is 4.90. The fourth-order valence-electron chi connectivity index (χ4n) is 2.39. The van der Waals surface area contributed by atoms with Crippen molar-refractivity contribution in [3.8, 4) is 5.75 Å². The lowest BCUT2D eigenvalue weighted by molar-refractivity contribution is 0.0695. The number of aryl methyl sites for hydroxylation is 1. The van der Waals surface area contributed by atoms with Gasteiger partial charge in [0.25, 0.3) is 5.91 Å². The standard InChI is InChI=1S/C14H20N2O2/c1-10-5-6-13(17)12(8-10)14(18)16-7-3-4-11(9-16)15-2/h5-6,8,11,15,17H,3-4,7,9H2,1-2H3. The van der Waals surface area contributed by atoms with Crippen LogP contribution in [0, 0.1) is 6.92 Å². The zero-order valence-electron chi connectivity index (χ0n) is 10.9. The van der Waals surface area contributed by atoms with E-state index in [0.29, 0.717) is 18.2 Å². The van der Waals surface area contributed by atoms with E-state index in [2.05, 4.69) is 5.32 Å². The first-order chi connectivity index (χ1) is 8.61. The van der Waals surface area contributed by atoms with Crippen LogP contribution in [0.3, 0.4) is 0 Å². The lowest BCUT2D eigenvalue weighted by atomic mass is 10.0. The molecule has 4 heteroatoms. The molecule has 1 aromatic carbocycles. The zero-order valence-corrected chi connectivity index (χ0v) is 10.9. The Balaban J connectivity index is 2.17. The molecule has 0 spiro atoms. The van der Waals surface area contributed by atoms with Crippen molar-refractivity contribution in [2.24, 2.45) is 0 Å². The molecule has 1 aliphatic heterocycles. The summed E-state index contributed by atoms with van der Waals surface area (Å²) in [6, 6.07) is 5.50. The van der Waals surface area contributed by atoms with Crippen LogP contribution < -0.4 is 5.32 Å². The third-order valence-corrected chi connectivity index (χ3v) is 3.50. The van der Waals surface area contributed by atoms with Gasteiger partial charge >= 0.3 is 0 Å². The molecular weight excluding hydrogens is 228 g/mol. The van der Waals surface area contributed by atoms with E-state index < -0.39 is 0 Å². The number of nitrogens with zero attached hydrogens (tertiary/aromatic N) is 1. The van der Waals surface area contributed by atoms with E-state index in [4.69, 9.17) is 0 Å². The molecule has 1 unspecified atom stereocenters. The molecule has 1 atom stereocenters. The highest BCUT2D eigenvalue weighted by Crippen LogP contribution is 2.22. The molecule has 0 aromatic heterocycles. The maximum atomic E-state index is 12.4. The number of likely N-dealkylation sites (tertiary alicyclic amines) is 1. The summed E-state index contributed by atoms with van der Waals surface area (Å²) < 4.78 is 0. The molecule has 1 amide bonds. The van der Waals surface area contributed by atoms with Crippen molar-refractivity contribution in [2.45, 2.75) is 25.8 Å². The van der Waals surface area contributed by atoms with Crippen LogP contribution in [-0.4, -0.2) is 42.1 Å². The molecule has 0 bridgehead atoms. The van der Waals surface area contributed by atoms with Crippen molar-refractivity contribution in [1.29, 1.82) is 0 Å². The molecule has 1 saturated heterocycles. The zero-order chi connectivity index (χ0) is 13.1. The van der Waals surface area contributed by atoms with E-state index in [-0.39, 0.29) is 11.7 Å². The molecule has 2 rings (SSSR count). The topological polar surface area (TPSA) is 52.6 Å². The van der Waals surface area contributed by atoms with Gasteiger partial charge in [0.2, 0.25) is 0 Å². The number of nitrogens with one attached hydrogen (secondary N) is 1. The van der Waals surface area contributed by atoms with Gasteiger partial charge in [-0.05, 0) is 38.9 Å². The lowest BCUT2D eigenvalue weighted by Gasteiger charge is -2.32. The van der Waals surface area contributed by atoms with Crippen LogP contribution in [0.2, 0.25) is 0 Å². The Bertz CT molecular complexity index is 445. The number of hydrogen-bond acceptors (Lipinski definition) is 3. The van der Waals surface area contributed by atoms with Crippen LogP contribution in [0.25, 0.3) is 0 Å². The number of benzene rings is 1. The smallest absolute Gasteiger partial charge is 0.257 e. The fourth-order valence-corrected chi connectivity index (χ4v) is 2.39. The number of aromatic hydroxyl groups is 1. The average molecular weight is 248 g/mol. The average Bonchev–Trinajstić information content (AvgIpc) is 2.41. The number of carbonyl (C=O) groups excluding carboxylic acids is 1. The highest BCUT2D eigenvalue weighted by atomic mass is 16.3. The maximum Gasteiger partial charge on any atom is 0.257 e. The van der Waals surface area contributed by atoms with Crippen molar-refractivity contribution >= 4 is 5.91 Å². The van der Waals surface area contributed by atoms with Crippen LogP contribution >= 0.6 is 0 Å². The second kappa shape index (κ2) is 5.40. The second-order valence-electron chi connectivity index (χ2n) is 4.90. The van der Waals surface area contributed by atoms with Crippen molar-refractivity contribution in [2.75, 3.05) is 20.1 Å². The maximum absolute atomic E-state index is 12.4. The van der Waals surface area contributed by atoms with Crippen molar-refractivity contribution in [3.05, 3.63) is 29.3 Å². The van der Waals surface area contributed by atoms with E-state index in [1.54, 1.807) is 18.2 Å². The molecule has 1 heterocycles. The summed E-state index contributed by atoms with van der Waals surface area (Å²) >= 11 is 0. The molecule has 0 radical (unpaired) electrons. The third kappa shape index (κ3) is 2.64. The van der Waals surface area contributed by atoms with Gasteiger partial charge in [-0.3, -0.25) is 4.79 Å². The van der Waals surface area contributed by atoms with E-state index in [0.717, 1.165) is 24.9 Å². The number of piperidine rings is 1. The van der Waals surface area contributed by atoms with Crippen LogP contribution in [-0.2, 0) is 0 Å². The fraction of sp³-hybridized carbons (Fsp3) is 0.500. The Morgan fingerprint density at radius 2 is 2.28 bits per heavy atom. The summed E-state index contributed by atoms with van der Waals surface area (Å²) in [5.41, 5.74) is 1.39. The van der Waals surface area contributed by atoms with Crippen molar-refractivity contribution in [3.63, 3.8) is 0 Å². The summed E-state index contributed by atoms with van der Waals surface area (Å²) in [4.78, 5) is 14.2. The number of amides is 1.